The number of carbonyl (C=O) groups excluding carboxylic acids is 1. The van der Waals surface area contributed by atoms with Crippen molar-refractivity contribution in [2.24, 2.45) is 0 Å². The molecule has 1 amide bonds. The Labute approximate surface area is 153 Å². The van der Waals surface area contributed by atoms with Crippen LogP contribution in [-0.4, -0.2) is 38.0 Å². The fraction of sp³-hybridized carbons (Fsp3) is 0.316. The third-order valence-corrected chi connectivity index (χ3v) is 5.42. The Morgan fingerprint density at radius 3 is 2.42 bits per heavy atom. The topological polar surface area (TPSA) is 66.5 Å². The predicted molar refractivity (Wildman–Crippen MR) is 101 cm³/mol. The number of hydrogen-bond acceptors (Lipinski definition) is 3. The molecule has 0 aromatic heterocycles. The number of amides is 1. The zero-order valence-electron chi connectivity index (χ0n) is 15.1. The van der Waals surface area contributed by atoms with E-state index >= 15 is 0 Å². The van der Waals surface area contributed by atoms with Gasteiger partial charge in [0, 0.05) is 12.2 Å². The van der Waals surface area contributed by atoms with Crippen molar-refractivity contribution >= 4 is 21.6 Å². The minimum Gasteiger partial charge on any atom is -0.325 e. The summed E-state index contributed by atoms with van der Waals surface area (Å²) in [6.45, 7) is 3.61. The normalized spacial score (nSPS) is 11.6. The van der Waals surface area contributed by atoms with Gasteiger partial charge in [0.2, 0.25) is 15.9 Å². The molecule has 7 heteroatoms. The Morgan fingerprint density at radius 2 is 1.81 bits per heavy atom. The molecule has 0 radical (unpaired) electrons. The average Bonchev–Trinajstić information content (AvgIpc) is 2.55. The van der Waals surface area contributed by atoms with Crippen molar-refractivity contribution < 1.29 is 17.6 Å². The van der Waals surface area contributed by atoms with Gasteiger partial charge in [-0.2, -0.15) is 4.31 Å². The summed E-state index contributed by atoms with van der Waals surface area (Å²) in [4.78, 5) is 12.3. The average molecular weight is 378 g/mol. The highest BCUT2D eigenvalue weighted by Crippen LogP contribution is 2.14. The number of hydrogen-bond donors (Lipinski definition) is 1. The molecule has 0 spiro atoms. The molecule has 0 aliphatic rings. The van der Waals surface area contributed by atoms with Gasteiger partial charge in [0.05, 0.1) is 12.8 Å². The molecule has 0 heterocycles. The van der Waals surface area contributed by atoms with E-state index in [4.69, 9.17) is 0 Å². The van der Waals surface area contributed by atoms with Crippen molar-refractivity contribution in [2.45, 2.75) is 20.3 Å². The second kappa shape index (κ2) is 8.42. The van der Waals surface area contributed by atoms with E-state index in [1.807, 2.05) is 26.0 Å². The fourth-order valence-electron chi connectivity index (χ4n) is 2.49. The van der Waals surface area contributed by atoms with Crippen LogP contribution in [0.4, 0.5) is 10.1 Å². The van der Waals surface area contributed by atoms with Crippen LogP contribution in [0.2, 0.25) is 0 Å². The van der Waals surface area contributed by atoms with Crippen molar-refractivity contribution in [2.75, 3.05) is 24.7 Å². The largest absolute Gasteiger partial charge is 0.325 e. The van der Waals surface area contributed by atoms with Gasteiger partial charge in [-0.05, 0) is 55.2 Å². The summed E-state index contributed by atoms with van der Waals surface area (Å²) in [5, 5.41) is 2.70. The molecule has 2 aromatic carbocycles. The van der Waals surface area contributed by atoms with E-state index in [1.54, 1.807) is 24.3 Å². The second-order valence-corrected chi connectivity index (χ2v) is 8.27. The first kappa shape index (κ1) is 20.1. The number of anilines is 1. The fourth-order valence-corrected chi connectivity index (χ4v) is 3.26. The summed E-state index contributed by atoms with van der Waals surface area (Å²) in [5.74, 6) is -0.826. The number of sulfonamides is 1. The van der Waals surface area contributed by atoms with Gasteiger partial charge in [0.15, 0.2) is 0 Å². The van der Waals surface area contributed by atoms with E-state index in [1.165, 1.54) is 6.07 Å². The van der Waals surface area contributed by atoms with Crippen LogP contribution in [-0.2, 0) is 21.2 Å². The van der Waals surface area contributed by atoms with E-state index in [2.05, 4.69) is 5.32 Å². The van der Waals surface area contributed by atoms with Gasteiger partial charge in [-0.25, -0.2) is 12.8 Å². The van der Waals surface area contributed by atoms with Gasteiger partial charge < -0.3 is 5.32 Å². The van der Waals surface area contributed by atoms with Crippen LogP contribution in [0, 0.1) is 19.7 Å². The summed E-state index contributed by atoms with van der Waals surface area (Å²) >= 11 is 0. The number of carbonyl (C=O) groups is 1. The minimum atomic E-state index is -3.60. The molecule has 2 aromatic rings. The molecule has 0 fully saturated rings. The Bertz CT molecular complexity index is 897. The maximum absolute atomic E-state index is 13.7. The molecule has 0 atom stereocenters. The van der Waals surface area contributed by atoms with Crippen LogP contribution >= 0.6 is 0 Å². The lowest BCUT2D eigenvalue weighted by Crippen LogP contribution is -2.38. The lowest BCUT2D eigenvalue weighted by Gasteiger charge is -2.20. The summed E-state index contributed by atoms with van der Waals surface area (Å²) in [6.07, 6.45) is 1.23. The lowest BCUT2D eigenvalue weighted by atomic mass is 10.1. The summed E-state index contributed by atoms with van der Waals surface area (Å²) < 4.78 is 38.7. The van der Waals surface area contributed by atoms with Crippen molar-refractivity contribution in [3.8, 4) is 0 Å². The summed E-state index contributed by atoms with van der Waals surface area (Å²) in [7, 11) is -3.60. The molecule has 0 aliphatic heterocycles. The number of rotatable bonds is 7. The van der Waals surface area contributed by atoms with E-state index in [0.29, 0.717) is 11.3 Å². The number of aryl methyl sites for hydroxylation is 2. The van der Waals surface area contributed by atoms with Crippen molar-refractivity contribution in [3.63, 3.8) is 0 Å². The van der Waals surface area contributed by atoms with Crippen molar-refractivity contribution in [3.05, 3.63) is 65.0 Å². The number of halogens is 1. The van der Waals surface area contributed by atoms with Crippen LogP contribution in [0.25, 0.3) is 0 Å². The van der Waals surface area contributed by atoms with Crippen molar-refractivity contribution in [1.82, 2.24) is 4.31 Å². The quantitative estimate of drug-likeness (QED) is 0.806. The van der Waals surface area contributed by atoms with Gasteiger partial charge in [-0.1, -0.05) is 24.3 Å². The van der Waals surface area contributed by atoms with Gasteiger partial charge in [-0.15, -0.1) is 0 Å². The maximum atomic E-state index is 13.7. The molecule has 0 saturated heterocycles. The molecule has 5 nitrogen and oxygen atoms in total. The zero-order chi connectivity index (χ0) is 19.3. The second-order valence-electron chi connectivity index (χ2n) is 6.29. The smallest absolute Gasteiger partial charge is 0.239 e. The predicted octanol–water partition coefficient (Wildman–Crippen LogP) is 2.89. The van der Waals surface area contributed by atoms with Gasteiger partial charge in [-0.3, -0.25) is 4.79 Å². The molecule has 0 saturated carbocycles. The van der Waals surface area contributed by atoms with Crippen LogP contribution in [0.1, 0.15) is 16.7 Å². The highest BCUT2D eigenvalue weighted by molar-refractivity contribution is 7.88. The molecule has 140 valence electrons. The number of benzene rings is 2. The van der Waals surface area contributed by atoms with E-state index in [0.717, 1.165) is 21.7 Å². The van der Waals surface area contributed by atoms with Gasteiger partial charge >= 0.3 is 0 Å². The van der Waals surface area contributed by atoms with Crippen LogP contribution in [0.15, 0.2) is 42.5 Å². The van der Waals surface area contributed by atoms with Gasteiger partial charge in [0.25, 0.3) is 0 Å². The number of nitrogens with one attached hydrogen (secondary N) is 1. The Balaban J connectivity index is 2.04. The van der Waals surface area contributed by atoms with Crippen LogP contribution < -0.4 is 5.32 Å². The zero-order valence-corrected chi connectivity index (χ0v) is 15.9. The molecule has 2 rings (SSSR count). The monoisotopic (exact) mass is 378 g/mol. The molecule has 1 N–H and O–H groups in total. The lowest BCUT2D eigenvalue weighted by molar-refractivity contribution is -0.116. The molecule has 26 heavy (non-hydrogen) atoms. The molecule has 0 aliphatic carbocycles. The van der Waals surface area contributed by atoms with E-state index < -0.39 is 15.9 Å². The van der Waals surface area contributed by atoms with Crippen LogP contribution in [0.5, 0.6) is 0 Å². The third-order valence-electron chi connectivity index (χ3n) is 4.17. The Morgan fingerprint density at radius 1 is 1.12 bits per heavy atom. The van der Waals surface area contributed by atoms with Crippen molar-refractivity contribution in [1.29, 1.82) is 0 Å². The van der Waals surface area contributed by atoms with E-state index in [-0.39, 0.29) is 25.3 Å². The summed E-state index contributed by atoms with van der Waals surface area (Å²) in [5.41, 5.74) is 3.16. The third kappa shape index (κ3) is 5.64. The summed E-state index contributed by atoms with van der Waals surface area (Å²) in [6, 6.07) is 11.7. The highest BCUT2D eigenvalue weighted by Gasteiger charge is 2.20. The molecular weight excluding hydrogens is 355 g/mol. The SMILES string of the molecule is Cc1ccc(NC(=O)CN(CCc2ccccc2F)S(C)(=O)=O)cc1C. The minimum absolute atomic E-state index is 0.0279. The highest BCUT2D eigenvalue weighted by atomic mass is 32.2. The molecular formula is C19H23FN2O3S. The van der Waals surface area contributed by atoms with E-state index in [9.17, 15) is 17.6 Å². The Hall–Kier alpha value is -2.25. The molecule has 0 unspecified atom stereocenters. The molecule has 0 bridgehead atoms. The first-order chi connectivity index (χ1) is 12.2. The Kier molecular flexibility index (Phi) is 6.50. The first-order valence-corrected chi connectivity index (χ1v) is 10.1. The van der Waals surface area contributed by atoms with Crippen LogP contribution in [0.3, 0.4) is 0 Å². The standard InChI is InChI=1S/C19H23FN2O3S/c1-14-8-9-17(12-15(14)2)21-19(23)13-22(26(3,24)25)11-10-16-6-4-5-7-18(16)20/h4-9,12H,10-11,13H2,1-3H3,(H,21,23). The van der Waals surface area contributed by atoms with Gasteiger partial charge in [0.1, 0.15) is 5.82 Å². The first-order valence-electron chi connectivity index (χ1n) is 8.22. The number of nitrogens with zero attached hydrogens (tertiary/aromatic N) is 1. The maximum Gasteiger partial charge on any atom is 0.239 e.